The molecule has 1 saturated heterocycles. The number of aromatic nitrogens is 1. The third-order valence-electron chi connectivity index (χ3n) is 6.93. The summed E-state index contributed by atoms with van der Waals surface area (Å²) in [7, 11) is 0. The van der Waals surface area contributed by atoms with Crippen molar-refractivity contribution >= 4 is 45.7 Å². The van der Waals surface area contributed by atoms with Gasteiger partial charge in [0.2, 0.25) is 0 Å². The van der Waals surface area contributed by atoms with Crippen LogP contribution in [0.4, 0.5) is 4.79 Å². The van der Waals surface area contributed by atoms with E-state index in [1.165, 1.54) is 4.90 Å². The van der Waals surface area contributed by atoms with Crippen LogP contribution in [0.3, 0.4) is 0 Å². The summed E-state index contributed by atoms with van der Waals surface area (Å²) >= 11 is 0.972. The Morgan fingerprint density at radius 1 is 0.974 bits per heavy atom. The lowest BCUT2D eigenvalue weighted by atomic mass is 10.0. The molecule has 2 amide bonds. The number of fused-ring (bicyclic) bond motifs is 1. The maximum absolute atomic E-state index is 13.3. The smallest absolute Gasteiger partial charge is 0.338 e. The van der Waals surface area contributed by atoms with Crippen LogP contribution < -0.4 is 0 Å². The first-order valence-electron chi connectivity index (χ1n) is 13.1. The van der Waals surface area contributed by atoms with E-state index in [9.17, 15) is 14.4 Å². The molecule has 0 atom stereocenters. The number of carbonyl (C=O) groups excluding carboxylic acids is 3. The van der Waals surface area contributed by atoms with Crippen LogP contribution in [0.25, 0.3) is 22.5 Å². The lowest BCUT2D eigenvalue weighted by Crippen LogP contribution is -2.27. The largest absolute Gasteiger partial charge is 0.462 e. The Balaban J connectivity index is 1.36. The van der Waals surface area contributed by atoms with Crippen molar-refractivity contribution in [3.63, 3.8) is 0 Å². The van der Waals surface area contributed by atoms with E-state index in [1.807, 2.05) is 74.5 Å². The molecule has 198 valence electrons. The Bertz CT molecular complexity index is 1600. The Labute approximate surface area is 232 Å². The van der Waals surface area contributed by atoms with E-state index in [2.05, 4.69) is 11.5 Å². The van der Waals surface area contributed by atoms with E-state index >= 15 is 0 Å². The number of amides is 2. The molecule has 0 radical (unpaired) electrons. The molecule has 39 heavy (non-hydrogen) atoms. The highest BCUT2D eigenvalue weighted by Crippen LogP contribution is 2.35. The zero-order valence-electron chi connectivity index (χ0n) is 22.3. The number of nitrogens with zero attached hydrogens (tertiary/aromatic N) is 2. The van der Waals surface area contributed by atoms with Gasteiger partial charge in [-0.15, -0.1) is 0 Å². The van der Waals surface area contributed by atoms with Crippen molar-refractivity contribution in [1.82, 2.24) is 9.47 Å². The number of unbranched alkanes of at least 4 members (excludes halogenated alkanes) is 1. The fourth-order valence-electron chi connectivity index (χ4n) is 4.85. The van der Waals surface area contributed by atoms with E-state index in [-0.39, 0.29) is 23.7 Å². The molecule has 0 N–H and O–H groups in total. The molecule has 2 heterocycles. The molecule has 1 aliphatic rings. The van der Waals surface area contributed by atoms with Crippen molar-refractivity contribution in [2.24, 2.45) is 0 Å². The molecule has 3 aromatic carbocycles. The molecule has 4 aromatic rings. The van der Waals surface area contributed by atoms with Crippen molar-refractivity contribution in [1.29, 1.82) is 0 Å². The van der Waals surface area contributed by atoms with E-state index in [1.54, 1.807) is 18.2 Å². The minimum Gasteiger partial charge on any atom is -0.462 e. The van der Waals surface area contributed by atoms with Crippen molar-refractivity contribution < 1.29 is 19.1 Å². The lowest BCUT2D eigenvalue weighted by Gasteiger charge is -2.14. The molecule has 0 saturated carbocycles. The van der Waals surface area contributed by atoms with Gasteiger partial charge in [-0.3, -0.25) is 14.5 Å². The average Bonchev–Trinajstić information content (AvgIpc) is 3.37. The number of rotatable bonds is 8. The number of aryl methyl sites for hydroxylation is 1. The Kier molecular flexibility index (Phi) is 7.70. The van der Waals surface area contributed by atoms with Crippen LogP contribution in [0, 0.1) is 13.8 Å². The highest BCUT2D eigenvalue weighted by molar-refractivity contribution is 8.18. The molecule has 1 aromatic heterocycles. The summed E-state index contributed by atoms with van der Waals surface area (Å²) in [4.78, 5) is 40.1. The number of esters is 1. The number of hydrogen-bond donors (Lipinski definition) is 0. The molecular weight excluding hydrogens is 508 g/mol. The van der Waals surface area contributed by atoms with E-state index in [0.717, 1.165) is 63.6 Å². The van der Waals surface area contributed by atoms with Gasteiger partial charge in [0.25, 0.3) is 11.1 Å². The van der Waals surface area contributed by atoms with Gasteiger partial charge < -0.3 is 9.30 Å². The topological polar surface area (TPSA) is 68.6 Å². The minimum absolute atomic E-state index is 0.232. The van der Waals surface area contributed by atoms with Crippen LogP contribution >= 0.6 is 11.8 Å². The monoisotopic (exact) mass is 538 g/mol. The molecule has 0 unspecified atom stereocenters. The molecular formula is C32H30N2O4S. The average molecular weight is 539 g/mol. The summed E-state index contributed by atoms with van der Waals surface area (Å²) in [5.74, 6) is -0.607. The zero-order valence-corrected chi connectivity index (χ0v) is 23.1. The number of hydrogen-bond acceptors (Lipinski definition) is 5. The summed E-state index contributed by atoms with van der Waals surface area (Å²) < 4.78 is 7.37. The van der Waals surface area contributed by atoms with Gasteiger partial charge in [-0.25, -0.2) is 4.79 Å². The van der Waals surface area contributed by atoms with E-state index in [0.29, 0.717) is 17.1 Å². The first-order valence-corrected chi connectivity index (χ1v) is 13.9. The van der Waals surface area contributed by atoms with Gasteiger partial charge in [-0.1, -0.05) is 55.8 Å². The number of ether oxygens (including phenoxy) is 1. The molecule has 0 bridgehead atoms. The highest BCUT2D eigenvalue weighted by Gasteiger charge is 2.35. The summed E-state index contributed by atoms with van der Waals surface area (Å²) in [6.45, 7) is 6.67. The predicted octanol–water partition coefficient (Wildman–Crippen LogP) is 7.44. The van der Waals surface area contributed by atoms with E-state index in [4.69, 9.17) is 4.74 Å². The molecule has 1 fully saturated rings. The Morgan fingerprint density at radius 2 is 1.72 bits per heavy atom. The van der Waals surface area contributed by atoms with Crippen molar-refractivity contribution in [2.45, 2.75) is 40.2 Å². The van der Waals surface area contributed by atoms with Gasteiger partial charge in [-0.2, -0.15) is 0 Å². The van der Waals surface area contributed by atoms with Crippen LogP contribution in [0.1, 0.15) is 52.6 Å². The standard InChI is InChI=1S/C32H30N2O4S/c1-4-5-17-38-31(36)24-13-15-27(16-14-24)34-21(2)18-26(22(34)3)19-29-30(35)33(32(37)39-29)20-25-11-8-10-23-9-6-7-12-28(23)25/h6-16,18-19H,4-5,17,20H2,1-3H3/b29-19-. The van der Waals surface area contributed by atoms with Crippen molar-refractivity contribution in [2.75, 3.05) is 6.61 Å². The number of benzene rings is 3. The Hall–Kier alpha value is -4.10. The van der Waals surface area contributed by atoms with E-state index < -0.39 is 0 Å². The van der Waals surface area contributed by atoms with Crippen molar-refractivity contribution in [3.05, 3.63) is 106 Å². The molecule has 0 aliphatic carbocycles. The Morgan fingerprint density at radius 3 is 2.49 bits per heavy atom. The first kappa shape index (κ1) is 26.5. The van der Waals surface area contributed by atoms with Gasteiger partial charge in [-0.05, 0) is 90.3 Å². The maximum Gasteiger partial charge on any atom is 0.338 e. The molecule has 7 heteroatoms. The molecule has 0 spiro atoms. The normalized spacial score (nSPS) is 14.5. The fourth-order valence-corrected chi connectivity index (χ4v) is 5.68. The second-order valence-corrected chi connectivity index (χ2v) is 10.6. The third-order valence-corrected chi connectivity index (χ3v) is 7.84. The fraction of sp³-hybridized carbons (Fsp3) is 0.219. The predicted molar refractivity (Wildman–Crippen MR) is 156 cm³/mol. The number of thioether (sulfide) groups is 1. The first-order chi connectivity index (χ1) is 18.9. The second-order valence-electron chi connectivity index (χ2n) is 9.60. The SMILES string of the molecule is CCCCOC(=O)c1ccc(-n2c(C)cc(/C=C3\SC(=O)N(Cc4cccc5ccccc45)C3=O)c2C)cc1. The quantitative estimate of drug-likeness (QED) is 0.132. The zero-order chi connectivity index (χ0) is 27.5. The number of carbonyl (C=O) groups is 3. The molecule has 6 nitrogen and oxygen atoms in total. The minimum atomic E-state index is -0.323. The summed E-state index contributed by atoms with van der Waals surface area (Å²) in [5, 5.41) is 1.84. The summed E-state index contributed by atoms with van der Waals surface area (Å²) in [6.07, 6.45) is 3.61. The van der Waals surface area contributed by atoms with Crippen LogP contribution in [0.5, 0.6) is 0 Å². The van der Waals surface area contributed by atoms with Crippen LogP contribution in [0.2, 0.25) is 0 Å². The van der Waals surface area contributed by atoms with Crippen LogP contribution in [-0.2, 0) is 16.1 Å². The lowest BCUT2D eigenvalue weighted by molar-refractivity contribution is -0.123. The van der Waals surface area contributed by atoms with Gasteiger partial charge in [0, 0.05) is 17.1 Å². The molecule has 5 rings (SSSR count). The summed E-state index contributed by atoms with van der Waals surface area (Å²) in [5.41, 5.74) is 5.13. The maximum atomic E-state index is 13.3. The van der Waals surface area contributed by atoms with Crippen molar-refractivity contribution in [3.8, 4) is 5.69 Å². The highest BCUT2D eigenvalue weighted by atomic mass is 32.2. The molecule has 1 aliphatic heterocycles. The van der Waals surface area contributed by atoms with Gasteiger partial charge >= 0.3 is 5.97 Å². The van der Waals surface area contributed by atoms with Gasteiger partial charge in [0.15, 0.2) is 0 Å². The van der Waals surface area contributed by atoms with Crippen LogP contribution in [0.15, 0.2) is 77.7 Å². The number of imide groups is 1. The summed E-state index contributed by atoms with van der Waals surface area (Å²) in [6, 6.07) is 23.2. The van der Waals surface area contributed by atoms with Gasteiger partial charge in [0.1, 0.15) is 0 Å². The van der Waals surface area contributed by atoms with Gasteiger partial charge in [0.05, 0.1) is 23.6 Å². The third kappa shape index (κ3) is 5.40. The second kappa shape index (κ2) is 11.3. The van der Waals surface area contributed by atoms with Crippen LogP contribution in [-0.4, -0.2) is 33.2 Å².